The van der Waals surface area contributed by atoms with Crippen LogP contribution in [0.25, 0.3) is 0 Å². The van der Waals surface area contributed by atoms with E-state index in [-0.39, 0.29) is 18.1 Å². The molecular formula is C17H22O3. The fourth-order valence-corrected chi connectivity index (χ4v) is 3.54. The van der Waals surface area contributed by atoms with E-state index >= 15 is 0 Å². The molecule has 0 radical (unpaired) electrons. The SMILES string of the molecule is Cc1c2c(c(C(C)CC=O)c3c1OC(C)C3)OC(C)C2. The van der Waals surface area contributed by atoms with E-state index in [0.717, 1.165) is 30.6 Å². The van der Waals surface area contributed by atoms with Crippen molar-refractivity contribution < 1.29 is 14.3 Å². The summed E-state index contributed by atoms with van der Waals surface area (Å²) >= 11 is 0. The fourth-order valence-electron chi connectivity index (χ4n) is 3.54. The van der Waals surface area contributed by atoms with Crippen molar-refractivity contribution in [3.8, 4) is 11.5 Å². The van der Waals surface area contributed by atoms with Gasteiger partial charge in [-0.2, -0.15) is 0 Å². The Morgan fingerprint density at radius 3 is 2.40 bits per heavy atom. The second kappa shape index (κ2) is 4.80. The normalized spacial score (nSPS) is 24.6. The molecule has 2 heterocycles. The zero-order chi connectivity index (χ0) is 14.4. The second-order valence-corrected chi connectivity index (χ2v) is 6.22. The summed E-state index contributed by atoms with van der Waals surface area (Å²) in [4.78, 5) is 10.9. The van der Waals surface area contributed by atoms with Gasteiger partial charge in [-0.3, -0.25) is 0 Å². The highest BCUT2D eigenvalue weighted by Crippen LogP contribution is 2.49. The molecular weight excluding hydrogens is 252 g/mol. The van der Waals surface area contributed by atoms with Crippen molar-refractivity contribution in [1.29, 1.82) is 0 Å². The maximum atomic E-state index is 10.9. The Kier molecular flexibility index (Phi) is 3.23. The smallest absolute Gasteiger partial charge is 0.127 e. The number of fused-ring (bicyclic) bond motifs is 2. The van der Waals surface area contributed by atoms with Crippen LogP contribution < -0.4 is 9.47 Å². The average Bonchev–Trinajstić information content (AvgIpc) is 2.93. The number of aldehydes is 1. The van der Waals surface area contributed by atoms with Gasteiger partial charge in [0, 0.05) is 36.0 Å². The molecule has 2 aliphatic rings. The Morgan fingerprint density at radius 1 is 1.15 bits per heavy atom. The van der Waals surface area contributed by atoms with Gasteiger partial charge in [0.15, 0.2) is 0 Å². The number of benzene rings is 1. The van der Waals surface area contributed by atoms with Crippen molar-refractivity contribution in [1.82, 2.24) is 0 Å². The number of rotatable bonds is 3. The lowest BCUT2D eigenvalue weighted by Gasteiger charge is -2.19. The van der Waals surface area contributed by atoms with Crippen molar-refractivity contribution in [2.45, 2.75) is 65.1 Å². The summed E-state index contributed by atoms with van der Waals surface area (Å²) in [7, 11) is 0. The number of carbonyl (C=O) groups is 1. The van der Waals surface area contributed by atoms with Crippen molar-refractivity contribution in [2.75, 3.05) is 0 Å². The van der Waals surface area contributed by atoms with Crippen molar-refractivity contribution in [3.05, 3.63) is 22.3 Å². The minimum Gasteiger partial charge on any atom is -0.490 e. The van der Waals surface area contributed by atoms with Crippen LogP contribution in [-0.4, -0.2) is 18.5 Å². The Morgan fingerprint density at radius 2 is 1.75 bits per heavy atom. The molecule has 3 atom stereocenters. The number of hydrogen-bond donors (Lipinski definition) is 0. The first-order valence-electron chi connectivity index (χ1n) is 7.48. The molecule has 3 heteroatoms. The lowest BCUT2D eigenvalue weighted by molar-refractivity contribution is -0.108. The first kappa shape index (κ1) is 13.5. The van der Waals surface area contributed by atoms with Crippen LogP contribution in [-0.2, 0) is 17.6 Å². The van der Waals surface area contributed by atoms with Gasteiger partial charge in [-0.1, -0.05) is 6.92 Å². The van der Waals surface area contributed by atoms with E-state index in [4.69, 9.17) is 9.47 Å². The van der Waals surface area contributed by atoms with Gasteiger partial charge in [0.25, 0.3) is 0 Å². The van der Waals surface area contributed by atoms with Gasteiger partial charge < -0.3 is 14.3 Å². The molecule has 1 aromatic carbocycles. The number of ether oxygens (including phenoxy) is 2. The fraction of sp³-hybridized carbons (Fsp3) is 0.588. The maximum absolute atomic E-state index is 10.9. The minimum atomic E-state index is 0.190. The van der Waals surface area contributed by atoms with E-state index in [2.05, 4.69) is 27.7 Å². The Bertz CT molecular complexity index is 523. The highest BCUT2D eigenvalue weighted by molar-refractivity contribution is 5.64. The summed E-state index contributed by atoms with van der Waals surface area (Å²) in [6.07, 6.45) is 3.82. The van der Waals surface area contributed by atoms with Crippen LogP contribution >= 0.6 is 0 Å². The summed E-state index contributed by atoms with van der Waals surface area (Å²) < 4.78 is 12.1. The topological polar surface area (TPSA) is 35.5 Å². The van der Waals surface area contributed by atoms with Gasteiger partial charge in [0.05, 0.1) is 0 Å². The Labute approximate surface area is 120 Å². The largest absolute Gasteiger partial charge is 0.490 e. The predicted octanol–water partition coefficient (Wildman–Crippen LogP) is 3.33. The van der Waals surface area contributed by atoms with Crippen LogP contribution in [0.1, 0.15) is 55.4 Å². The summed E-state index contributed by atoms with van der Waals surface area (Å²) in [5, 5.41) is 0. The maximum Gasteiger partial charge on any atom is 0.127 e. The summed E-state index contributed by atoms with van der Waals surface area (Å²) in [6.45, 7) is 8.44. The van der Waals surface area contributed by atoms with E-state index in [1.165, 1.54) is 22.3 Å². The van der Waals surface area contributed by atoms with Gasteiger partial charge in [0.1, 0.15) is 30.0 Å². The van der Waals surface area contributed by atoms with Crippen LogP contribution in [0.2, 0.25) is 0 Å². The van der Waals surface area contributed by atoms with E-state index in [9.17, 15) is 4.79 Å². The molecule has 3 rings (SSSR count). The van der Waals surface area contributed by atoms with Crippen LogP contribution in [0, 0.1) is 6.92 Å². The molecule has 0 N–H and O–H groups in total. The van der Waals surface area contributed by atoms with Crippen molar-refractivity contribution >= 4 is 6.29 Å². The second-order valence-electron chi connectivity index (χ2n) is 6.22. The molecule has 20 heavy (non-hydrogen) atoms. The van der Waals surface area contributed by atoms with Crippen LogP contribution in [0.15, 0.2) is 0 Å². The lowest BCUT2D eigenvalue weighted by Crippen LogP contribution is -2.09. The van der Waals surface area contributed by atoms with Gasteiger partial charge >= 0.3 is 0 Å². The molecule has 3 nitrogen and oxygen atoms in total. The van der Waals surface area contributed by atoms with Gasteiger partial charge in [-0.15, -0.1) is 0 Å². The van der Waals surface area contributed by atoms with E-state index in [1.54, 1.807) is 0 Å². The van der Waals surface area contributed by atoms with E-state index < -0.39 is 0 Å². The lowest BCUT2D eigenvalue weighted by atomic mass is 9.86. The first-order chi connectivity index (χ1) is 9.52. The highest BCUT2D eigenvalue weighted by Gasteiger charge is 2.35. The quantitative estimate of drug-likeness (QED) is 0.793. The molecule has 0 aromatic heterocycles. The van der Waals surface area contributed by atoms with Crippen molar-refractivity contribution in [3.63, 3.8) is 0 Å². The summed E-state index contributed by atoms with van der Waals surface area (Å²) in [5.74, 6) is 2.26. The third-order valence-corrected chi connectivity index (χ3v) is 4.47. The highest BCUT2D eigenvalue weighted by atomic mass is 16.5. The van der Waals surface area contributed by atoms with Crippen LogP contribution in [0.4, 0.5) is 0 Å². The van der Waals surface area contributed by atoms with Gasteiger partial charge in [-0.25, -0.2) is 0 Å². The van der Waals surface area contributed by atoms with E-state index in [1.807, 2.05) is 0 Å². The number of carbonyl (C=O) groups excluding carboxylic acids is 1. The summed E-state index contributed by atoms with van der Waals surface area (Å²) in [6, 6.07) is 0. The zero-order valence-electron chi connectivity index (χ0n) is 12.7. The van der Waals surface area contributed by atoms with Gasteiger partial charge in [-0.05, 0) is 32.3 Å². The average molecular weight is 274 g/mol. The molecule has 0 amide bonds. The van der Waals surface area contributed by atoms with Crippen LogP contribution in [0.3, 0.4) is 0 Å². The molecule has 0 aliphatic carbocycles. The molecule has 0 bridgehead atoms. The Hall–Kier alpha value is -1.51. The molecule has 2 aliphatic heterocycles. The molecule has 0 saturated carbocycles. The molecule has 108 valence electrons. The Balaban J connectivity index is 2.20. The number of hydrogen-bond acceptors (Lipinski definition) is 3. The molecule has 0 spiro atoms. The third kappa shape index (κ3) is 1.91. The van der Waals surface area contributed by atoms with Crippen LogP contribution in [0.5, 0.6) is 11.5 Å². The van der Waals surface area contributed by atoms with E-state index in [0.29, 0.717) is 6.42 Å². The third-order valence-electron chi connectivity index (χ3n) is 4.47. The molecule has 0 fully saturated rings. The molecule has 0 saturated heterocycles. The predicted molar refractivity (Wildman–Crippen MR) is 77.9 cm³/mol. The minimum absolute atomic E-state index is 0.190. The first-order valence-corrected chi connectivity index (χ1v) is 7.48. The van der Waals surface area contributed by atoms with Gasteiger partial charge in [0.2, 0.25) is 0 Å². The zero-order valence-corrected chi connectivity index (χ0v) is 12.7. The monoisotopic (exact) mass is 274 g/mol. The summed E-state index contributed by atoms with van der Waals surface area (Å²) in [5.41, 5.74) is 4.97. The molecule has 1 aromatic rings. The molecule has 3 unspecified atom stereocenters. The van der Waals surface area contributed by atoms with Crippen molar-refractivity contribution in [2.24, 2.45) is 0 Å². The standard InChI is InChI=1S/C17H22O3/c1-9(5-6-18)15-14-8-11(3)19-16(14)12(4)13-7-10(2)20-17(13)15/h6,9-11H,5,7-8H2,1-4H3.